The van der Waals surface area contributed by atoms with Crippen LogP contribution in [0.5, 0.6) is 23.0 Å². The van der Waals surface area contributed by atoms with E-state index >= 15 is 0 Å². The molecule has 0 aromatic heterocycles. The first-order chi connectivity index (χ1) is 16.5. The molecule has 0 spiro atoms. The molecule has 0 bridgehead atoms. The molecule has 6 nitrogen and oxygen atoms in total. The standard InChI is InChI=1S/C28H32O6/c1-31-22-12-8-20(18-24(22)33-3)10-14-26(29)28(16-6-5-7-17-28)27(30)15-11-21-9-13-23(32-2)25(19-21)34-4/h8-15,18-19H,5-7,16-17H2,1-4H3. The number of ketones is 2. The van der Waals surface area contributed by atoms with Gasteiger partial charge in [-0.05, 0) is 60.4 Å². The molecule has 0 aliphatic heterocycles. The van der Waals surface area contributed by atoms with Crippen LogP contribution in [0.2, 0.25) is 0 Å². The highest BCUT2D eigenvalue weighted by atomic mass is 16.5. The van der Waals surface area contributed by atoms with Gasteiger partial charge in [-0.3, -0.25) is 9.59 Å². The predicted molar refractivity (Wildman–Crippen MR) is 133 cm³/mol. The first-order valence-corrected chi connectivity index (χ1v) is 11.4. The number of hydrogen-bond acceptors (Lipinski definition) is 6. The van der Waals surface area contributed by atoms with Gasteiger partial charge in [0.15, 0.2) is 34.6 Å². The lowest BCUT2D eigenvalue weighted by Gasteiger charge is -2.32. The van der Waals surface area contributed by atoms with Crippen molar-refractivity contribution in [2.24, 2.45) is 5.41 Å². The van der Waals surface area contributed by atoms with Crippen molar-refractivity contribution >= 4 is 23.7 Å². The van der Waals surface area contributed by atoms with Gasteiger partial charge in [0, 0.05) is 0 Å². The van der Waals surface area contributed by atoms with Gasteiger partial charge in [0.05, 0.1) is 33.9 Å². The largest absolute Gasteiger partial charge is 0.493 e. The van der Waals surface area contributed by atoms with Crippen LogP contribution in [0.1, 0.15) is 43.2 Å². The summed E-state index contributed by atoms with van der Waals surface area (Å²) >= 11 is 0. The lowest BCUT2D eigenvalue weighted by Crippen LogP contribution is -2.39. The Morgan fingerprint density at radius 3 is 1.44 bits per heavy atom. The van der Waals surface area contributed by atoms with Crippen molar-refractivity contribution in [3.05, 3.63) is 59.7 Å². The molecule has 1 fully saturated rings. The van der Waals surface area contributed by atoms with Crippen LogP contribution in [0.4, 0.5) is 0 Å². The lowest BCUT2D eigenvalue weighted by atomic mass is 9.68. The number of benzene rings is 2. The van der Waals surface area contributed by atoms with Crippen LogP contribution in [-0.2, 0) is 9.59 Å². The molecule has 1 saturated carbocycles. The fraction of sp³-hybridized carbons (Fsp3) is 0.357. The number of allylic oxidation sites excluding steroid dienone is 2. The third-order valence-electron chi connectivity index (χ3n) is 6.32. The van der Waals surface area contributed by atoms with E-state index in [0.29, 0.717) is 35.8 Å². The molecule has 6 heteroatoms. The molecule has 34 heavy (non-hydrogen) atoms. The Balaban J connectivity index is 1.83. The summed E-state index contributed by atoms with van der Waals surface area (Å²) in [4.78, 5) is 26.7. The van der Waals surface area contributed by atoms with Gasteiger partial charge in [-0.1, -0.05) is 43.5 Å². The summed E-state index contributed by atoms with van der Waals surface area (Å²) in [6.07, 6.45) is 10.3. The highest BCUT2D eigenvalue weighted by Crippen LogP contribution is 2.39. The average Bonchev–Trinajstić information content (AvgIpc) is 2.90. The van der Waals surface area contributed by atoms with Crippen LogP contribution < -0.4 is 18.9 Å². The number of ether oxygens (including phenoxy) is 4. The highest BCUT2D eigenvalue weighted by Gasteiger charge is 2.43. The van der Waals surface area contributed by atoms with Gasteiger partial charge in [0.25, 0.3) is 0 Å². The summed E-state index contributed by atoms with van der Waals surface area (Å²) < 4.78 is 21.2. The molecule has 0 heterocycles. The third kappa shape index (κ3) is 5.50. The number of rotatable bonds is 10. The molecule has 0 N–H and O–H groups in total. The van der Waals surface area contributed by atoms with Gasteiger partial charge in [-0.15, -0.1) is 0 Å². The van der Waals surface area contributed by atoms with Crippen molar-refractivity contribution in [3.8, 4) is 23.0 Å². The topological polar surface area (TPSA) is 71.1 Å². The van der Waals surface area contributed by atoms with E-state index in [9.17, 15) is 9.59 Å². The van der Waals surface area contributed by atoms with Gasteiger partial charge in [-0.25, -0.2) is 0 Å². The summed E-state index contributed by atoms with van der Waals surface area (Å²) in [6, 6.07) is 10.9. The number of hydrogen-bond donors (Lipinski definition) is 0. The van der Waals surface area contributed by atoms with Crippen molar-refractivity contribution in [2.45, 2.75) is 32.1 Å². The smallest absolute Gasteiger partial charge is 0.169 e. The quantitative estimate of drug-likeness (QED) is 0.340. The minimum Gasteiger partial charge on any atom is -0.493 e. The van der Waals surface area contributed by atoms with Crippen LogP contribution in [0.3, 0.4) is 0 Å². The zero-order valence-electron chi connectivity index (χ0n) is 20.3. The second kappa shape index (κ2) is 11.5. The van der Waals surface area contributed by atoms with E-state index in [-0.39, 0.29) is 11.6 Å². The normalized spacial score (nSPS) is 15.3. The van der Waals surface area contributed by atoms with Gasteiger partial charge in [0.1, 0.15) is 0 Å². The van der Waals surface area contributed by atoms with Crippen molar-refractivity contribution < 1.29 is 28.5 Å². The monoisotopic (exact) mass is 464 g/mol. The van der Waals surface area contributed by atoms with Crippen molar-refractivity contribution in [2.75, 3.05) is 28.4 Å². The average molecular weight is 465 g/mol. The summed E-state index contributed by atoms with van der Waals surface area (Å²) in [5.74, 6) is 2.07. The predicted octanol–water partition coefficient (Wildman–Crippen LogP) is 5.54. The van der Waals surface area contributed by atoms with E-state index < -0.39 is 5.41 Å². The zero-order chi connectivity index (χ0) is 24.6. The molecule has 1 aliphatic rings. The number of methoxy groups -OCH3 is 4. The molecule has 0 radical (unpaired) electrons. The Bertz CT molecular complexity index is 997. The van der Waals surface area contributed by atoms with Gasteiger partial charge in [-0.2, -0.15) is 0 Å². The van der Waals surface area contributed by atoms with E-state index in [0.717, 1.165) is 30.4 Å². The second-order valence-corrected chi connectivity index (χ2v) is 8.27. The number of carbonyl (C=O) groups excluding carboxylic acids is 2. The van der Waals surface area contributed by atoms with Crippen LogP contribution in [-0.4, -0.2) is 40.0 Å². The SMILES string of the molecule is COc1ccc(C=CC(=O)C2(C(=O)C=Cc3ccc(OC)c(OC)c3)CCCCC2)cc1OC. The molecule has 3 rings (SSSR count). The zero-order valence-corrected chi connectivity index (χ0v) is 20.3. The summed E-state index contributed by atoms with van der Waals surface area (Å²) in [5, 5.41) is 0. The summed E-state index contributed by atoms with van der Waals surface area (Å²) in [5.41, 5.74) is 0.564. The molecule has 180 valence electrons. The minimum absolute atomic E-state index is 0.163. The van der Waals surface area contributed by atoms with Crippen molar-refractivity contribution in [1.29, 1.82) is 0 Å². The van der Waals surface area contributed by atoms with Crippen LogP contribution >= 0.6 is 0 Å². The van der Waals surface area contributed by atoms with Gasteiger partial charge >= 0.3 is 0 Å². The van der Waals surface area contributed by atoms with Crippen molar-refractivity contribution in [3.63, 3.8) is 0 Å². The molecular weight excluding hydrogens is 432 g/mol. The van der Waals surface area contributed by atoms with E-state index in [1.807, 2.05) is 12.1 Å². The summed E-state index contributed by atoms with van der Waals surface area (Å²) in [7, 11) is 6.28. The molecule has 0 amide bonds. The first-order valence-electron chi connectivity index (χ1n) is 11.4. The molecule has 0 unspecified atom stereocenters. The molecule has 0 saturated heterocycles. The fourth-order valence-corrected chi connectivity index (χ4v) is 4.35. The molecule has 1 aliphatic carbocycles. The fourth-order valence-electron chi connectivity index (χ4n) is 4.35. The lowest BCUT2D eigenvalue weighted by molar-refractivity contribution is -0.137. The molecular formula is C28H32O6. The maximum absolute atomic E-state index is 13.4. The Hall–Kier alpha value is -3.54. The maximum atomic E-state index is 13.4. The Labute approximate surface area is 201 Å². The maximum Gasteiger partial charge on any atom is 0.169 e. The minimum atomic E-state index is -1.03. The van der Waals surface area contributed by atoms with E-state index in [2.05, 4.69) is 0 Å². The third-order valence-corrected chi connectivity index (χ3v) is 6.32. The van der Waals surface area contributed by atoms with Gasteiger partial charge in [0.2, 0.25) is 0 Å². The van der Waals surface area contributed by atoms with Crippen LogP contribution in [0, 0.1) is 5.41 Å². The first kappa shape index (κ1) is 25.1. The van der Waals surface area contributed by atoms with Gasteiger partial charge < -0.3 is 18.9 Å². The van der Waals surface area contributed by atoms with Crippen LogP contribution in [0.15, 0.2) is 48.6 Å². The molecule has 0 atom stereocenters. The Morgan fingerprint density at radius 1 is 0.647 bits per heavy atom. The summed E-state index contributed by atoms with van der Waals surface area (Å²) in [6.45, 7) is 0. The molecule has 2 aromatic carbocycles. The Morgan fingerprint density at radius 2 is 1.06 bits per heavy atom. The molecule has 2 aromatic rings. The Kier molecular flexibility index (Phi) is 8.52. The van der Waals surface area contributed by atoms with Crippen LogP contribution in [0.25, 0.3) is 12.2 Å². The number of carbonyl (C=O) groups is 2. The van der Waals surface area contributed by atoms with E-state index in [4.69, 9.17) is 18.9 Å². The highest BCUT2D eigenvalue weighted by molar-refractivity contribution is 6.17. The second-order valence-electron chi connectivity index (χ2n) is 8.27. The van der Waals surface area contributed by atoms with E-state index in [1.54, 1.807) is 64.9 Å². The van der Waals surface area contributed by atoms with E-state index in [1.165, 1.54) is 12.2 Å². The van der Waals surface area contributed by atoms with Crippen molar-refractivity contribution in [1.82, 2.24) is 0 Å².